The number of hydrogen-bond donors (Lipinski definition) is 4. The number of rotatable bonds is 10. The summed E-state index contributed by atoms with van der Waals surface area (Å²) in [5.41, 5.74) is 0.745. The van der Waals surface area contributed by atoms with Crippen molar-refractivity contribution in [2.45, 2.75) is 64.5 Å². The number of unbranched alkanes of at least 4 members (excludes halogenated alkanes) is 2. The molecule has 280 valence electrons. The predicted molar refractivity (Wildman–Crippen MR) is 180 cm³/mol. The summed E-state index contributed by atoms with van der Waals surface area (Å²) in [6, 6.07) is -1.42. The number of aromatic nitrogens is 6. The highest BCUT2D eigenvalue weighted by atomic mass is 16.4. The Morgan fingerprint density at radius 3 is 1.24 bits per heavy atom. The molecule has 4 N–H and O–H groups in total. The summed E-state index contributed by atoms with van der Waals surface area (Å²) >= 11 is 0. The van der Waals surface area contributed by atoms with Crippen LogP contribution in [0.25, 0.3) is 46.3 Å². The lowest BCUT2D eigenvalue weighted by Crippen LogP contribution is -2.29. The van der Waals surface area contributed by atoms with Crippen molar-refractivity contribution >= 4 is 23.6 Å². The first-order valence-corrected chi connectivity index (χ1v) is 17.0. The van der Waals surface area contributed by atoms with E-state index in [2.05, 4.69) is 51.2 Å². The summed E-state index contributed by atoms with van der Waals surface area (Å²) in [5, 5.41) is 11.3. The number of fused-ring (bicyclic) bond motifs is 16. The van der Waals surface area contributed by atoms with Crippen LogP contribution in [0.15, 0.2) is 64.1 Å². The van der Waals surface area contributed by atoms with E-state index in [-0.39, 0.29) is 81.3 Å². The Morgan fingerprint density at radius 2 is 0.852 bits per heavy atom. The van der Waals surface area contributed by atoms with Crippen molar-refractivity contribution < 1.29 is 45.7 Å². The molecule has 0 spiro atoms. The molecular weight excluding hydrogens is 708 g/mol. The van der Waals surface area contributed by atoms with Gasteiger partial charge in [0.15, 0.2) is 34.2 Å². The van der Waals surface area contributed by atoms with Gasteiger partial charge in [-0.3, -0.25) is 19.2 Å². The first-order valence-electron chi connectivity index (χ1n) is 17.0. The van der Waals surface area contributed by atoms with Crippen molar-refractivity contribution in [3.63, 3.8) is 0 Å². The molecule has 2 unspecified atom stereocenters. The topological polar surface area (TPSA) is 273 Å². The van der Waals surface area contributed by atoms with Gasteiger partial charge in [-0.1, -0.05) is 0 Å². The SMILES string of the molecule is CC(=O)NCCCCC1NC(=O)c2coc(n2)-c2coc(n2)-c2coc(n2)C(CCCCNC(C)=O)NC(=O)c2coc(n2)-c2coc(n2)-c2coc1n2. The molecule has 7 rings (SSSR count). The van der Waals surface area contributed by atoms with E-state index in [1.807, 2.05) is 0 Å². The molecule has 7 heterocycles. The van der Waals surface area contributed by atoms with Gasteiger partial charge in [0.2, 0.25) is 47.2 Å². The molecule has 54 heavy (non-hydrogen) atoms. The summed E-state index contributed by atoms with van der Waals surface area (Å²) in [7, 11) is 0. The van der Waals surface area contributed by atoms with Crippen molar-refractivity contribution in [2.24, 2.45) is 0 Å². The van der Waals surface area contributed by atoms with Gasteiger partial charge in [-0.15, -0.1) is 0 Å². The summed E-state index contributed by atoms with van der Waals surface area (Å²) < 4.78 is 34.0. The zero-order chi connectivity index (χ0) is 37.6. The molecule has 1 aliphatic rings. The number of oxazole rings is 6. The molecule has 20 heteroatoms. The minimum atomic E-state index is -0.711. The maximum Gasteiger partial charge on any atom is 0.273 e. The quantitative estimate of drug-likeness (QED) is 0.143. The maximum absolute atomic E-state index is 13.4. The van der Waals surface area contributed by atoms with Gasteiger partial charge in [0.25, 0.3) is 11.8 Å². The summed E-state index contributed by atoms with van der Waals surface area (Å²) in [5.74, 6) is -0.922. The van der Waals surface area contributed by atoms with E-state index in [1.54, 1.807) is 0 Å². The second-order valence-corrected chi connectivity index (χ2v) is 12.3. The molecular formula is C34H34N10O10. The van der Waals surface area contributed by atoms with Crippen molar-refractivity contribution in [3.8, 4) is 46.3 Å². The molecule has 20 nitrogen and oxygen atoms in total. The first-order chi connectivity index (χ1) is 26.2. The second-order valence-electron chi connectivity index (χ2n) is 12.3. The fraction of sp³-hybridized carbons (Fsp3) is 0.353. The molecule has 0 fully saturated rings. The molecule has 2 atom stereocenters. The number of nitrogens with one attached hydrogen (secondary N) is 4. The Labute approximate surface area is 304 Å². The van der Waals surface area contributed by atoms with Crippen LogP contribution >= 0.6 is 0 Å². The number of amides is 4. The molecule has 6 aromatic rings. The van der Waals surface area contributed by atoms with E-state index < -0.39 is 23.9 Å². The number of hydrogen-bond acceptors (Lipinski definition) is 16. The molecule has 12 bridgehead atoms. The van der Waals surface area contributed by atoms with Gasteiger partial charge in [0, 0.05) is 26.9 Å². The third-order valence-electron chi connectivity index (χ3n) is 8.20. The first kappa shape index (κ1) is 35.5. The van der Waals surface area contributed by atoms with Crippen molar-refractivity contribution in [1.82, 2.24) is 51.2 Å². The number of carbonyl (C=O) groups is 4. The van der Waals surface area contributed by atoms with E-state index in [9.17, 15) is 19.2 Å². The van der Waals surface area contributed by atoms with Crippen LogP contribution < -0.4 is 21.3 Å². The average Bonchev–Trinajstić information content (AvgIpc) is 3.99. The molecule has 4 amide bonds. The van der Waals surface area contributed by atoms with Gasteiger partial charge in [-0.25, -0.2) is 29.9 Å². The Kier molecular flexibility index (Phi) is 10.4. The Balaban J connectivity index is 1.19. The minimum Gasteiger partial charge on any atom is -0.446 e. The van der Waals surface area contributed by atoms with Crippen LogP contribution in [0.3, 0.4) is 0 Å². The molecule has 1 aliphatic heterocycles. The van der Waals surface area contributed by atoms with Crippen LogP contribution in [-0.2, 0) is 9.59 Å². The lowest BCUT2D eigenvalue weighted by molar-refractivity contribution is -0.119. The highest BCUT2D eigenvalue weighted by Gasteiger charge is 2.28. The van der Waals surface area contributed by atoms with Crippen LogP contribution in [-0.4, -0.2) is 66.6 Å². The number of carbonyl (C=O) groups excluding carboxylic acids is 4. The van der Waals surface area contributed by atoms with Crippen LogP contribution in [0.2, 0.25) is 0 Å². The van der Waals surface area contributed by atoms with Crippen molar-refractivity contribution in [1.29, 1.82) is 0 Å². The monoisotopic (exact) mass is 742 g/mol. The Hall–Kier alpha value is -6.86. The fourth-order valence-corrected chi connectivity index (χ4v) is 5.52. The van der Waals surface area contributed by atoms with Gasteiger partial charge in [-0.05, 0) is 38.5 Å². The zero-order valence-electron chi connectivity index (χ0n) is 29.0. The van der Waals surface area contributed by atoms with Gasteiger partial charge in [0.1, 0.15) is 49.7 Å². The van der Waals surface area contributed by atoms with E-state index in [1.165, 1.54) is 51.4 Å². The highest BCUT2D eigenvalue weighted by molar-refractivity contribution is 5.93. The molecule has 0 aliphatic carbocycles. The van der Waals surface area contributed by atoms with E-state index in [4.69, 9.17) is 26.5 Å². The number of nitrogens with zero attached hydrogens (tertiary/aromatic N) is 6. The Morgan fingerprint density at radius 1 is 0.519 bits per heavy atom. The molecule has 6 aromatic heterocycles. The van der Waals surface area contributed by atoms with Crippen LogP contribution in [0.5, 0.6) is 0 Å². The lowest BCUT2D eigenvalue weighted by atomic mass is 10.1. The van der Waals surface area contributed by atoms with Crippen LogP contribution in [0.4, 0.5) is 0 Å². The standard InChI is InChI=1S/C34H34N10O10/c1-17(45)35-9-5-3-7-19-29-41-25(13-51-29)33-43-24(15-53-33)32-40-22(12-50-32)28(48)38-20(8-4-6-10-36-18(2)46)30-42-26(14-52-30)34-44-23(16-54-34)31-39-21(11-49-31)27(47)37-19/h11-16,19-20H,3-10H2,1-2H3,(H,35,45)(H,36,46)(H,37,47)(H,38,48). The lowest BCUT2D eigenvalue weighted by Gasteiger charge is -2.15. The smallest absolute Gasteiger partial charge is 0.273 e. The average molecular weight is 743 g/mol. The van der Waals surface area contributed by atoms with Crippen LogP contribution in [0.1, 0.15) is 97.2 Å². The highest BCUT2D eigenvalue weighted by Crippen LogP contribution is 2.30. The maximum atomic E-state index is 13.4. The molecule has 0 saturated carbocycles. The summed E-state index contributed by atoms with van der Waals surface area (Å²) in [6.07, 6.45) is 10.9. The van der Waals surface area contributed by atoms with Gasteiger partial charge >= 0.3 is 0 Å². The van der Waals surface area contributed by atoms with Crippen molar-refractivity contribution in [3.05, 3.63) is 60.7 Å². The Bertz CT molecular complexity index is 2100. The van der Waals surface area contributed by atoms with Crippen LogP contribution in [0, 0.1) is 0 Å². The van der Waals surface area contributed by atoms with Gasteiger partial charge in [-0.2, -0.15) is 0 Å². The van der Waals surface area contributed by atoms with Crippen molar-refractivity contribution in [2.75, 3.05) is 13.1 Å². The normalized spacial score (nSPS) is 15.6. The molecule has 0 saturated heterocycles. The summed E-state index contributed by atoms with van der Waals surface area (Å²) in [6.45, 7) is 3.79. The third-order valence-corrected chi connectivity index (χ3v) is 8.20. The third kappa shape index (κ3) is 8.27. The largest absolute Gasteiger partial charge is 0.446 e. The summed E-state index contributed by atoms with van der Waals surface area (Å²) in [4.78, 5) is 76.0. The second kappa shape index (κ2) is 15.8. The van der Waals surface area contributed by atoms with E-state index in [0.717, 1.165) is 0 Å². The molecule has 0 radical (unpaired) electrons. The van der Waals surface area contributed by atoms with E-state index in [0.29, 0.717) is 51.6 Å². The molecule has 0 aromatic carbocycles. The van der Waals surface area contributed by atoms with E-state index >= 15 is 0 Å². The predicted octanol–water partition coefficient (Wildman–Crippen LogP) is 4.15. The minimum absolute atomic E-state index is 0.00887. The van der Waals surface area contributed by atoms with Gasteiger partial charge < -0.3 is 47.8 Å². The van der Waals surface area contributed by atoms with Gasteiger partial charge in [0.05, 0.1) is 0 Å². The fourth-order valence-electron chi connectivity index (χ4n) is 5.52. The zero-order valence-corrected chi connectivity index (χ0v) is 29.0.